The van der Waals surface area contributed by atoms with Crippen LogP contribution in [0.25, 0.3) is 0 Å². The summed E-state index contributed by atoms with van der Waals surface area (Å²) in [7, 11) is -3.57. The smallest absolute Gasteiger partial charge is 0.243 e. The zero-order valence-corrected chi connectivity index (χ0v) is 17.6. The highest BCUT2D eigenvalue weighted by Gasteiger charge is 2.29. The predicted molar refractivity (Wildman–Crippen MR) is 111 cm³/mol. The number of carbonyl (C=O) groups excluding carboxylic acids is 1. The average Bonchev–Trinajstić information content (AvgIpc) is 2.66. The van der Waals surface area contributed by atoms with Gasteiger partial charge in [0.1, 0.15) is 0 Å². The SMILES string of the molecule is CC1CCCN(S(=O)(=O)c2cccc(C(=O)CNc3cccc(Br)c3)c2)C1. The second-order valence-corrected chi connectivity index (χ2v) is 9.78. The van der Waals surface area contributed by atoms with Crippen molar-refractivity contribution in [3.8, 4) is 0 Å². The lowest BCUT2D eigenvalue weighted by atomic mass is 10.0. The molecule has 0 saturated carbocycles. The van der Waals surface area contributed by atoms with E-state index >= 15 is 0 Å². The second-order valence-electron chi connectivity index (χ2n) is 6.93. The first-order chi connectivity index (χ1) is 12.9. The molecule has 27 heavy (non-hydrogen) atoms. The monoisotopic (exact) mass is 450 g/mol. The lowest BCUT2D eigenvalue weighted by Crippen LogP contribution is -2.39. The van der Waals surface area contributed by atoms with E-state index in [0.717, 1.165) is 23.0 Å². The van der Waals surface area contributed by atoms with Crippen LogP contribution in [0.2, 0.25) is 0 Å². The van der Waals surface area contributed by atoms with Crippen molar-refractivity contribution in [2.24, 2.45) is 5.92 Å². The summed E-state index contributed by atoms with van der Waals surface area (Å²) in [5.41, 5.74) is 1.22. The number of carbonyl (C=O) groups is 1. The number of benzene rings is 2. The van der Waals surface area contributed by atoms with Crippen molar-refractivity contribution in [2.75, 3.05) is 25.0 Å². The van der Waals surface area contributed by atoms with Crippen molar-refractivity contribution < 1.29 is 13.2 Å². The molecule has 1 saturated heterocycles. The first-order valence-electron chi connectivity index (χ1n) is 8.99. The fraction of sp³-hybridized carbons (Fsp3) is 0.350. The van der Waals surface area contributed by atoms with Gasteiger partial charge < -0.3 is 5.32 Å². The third-order valence-corrected chi connectivity index (χ3v) is 7.05. The first-order valence-corrected chi connectivity index (χ1v) is 11.2. The van der Waals surface area contributed by atoms with Gasteiger partial charge in [-0.2, -0.15) is 4.31 Å². The Kier molecular flexibility index (Phi) is 6.34. The molecule has 1 atom stereocenters. The van der Waals surface area contributed by atoms with E-state index in [2.05, 4.69) is 28.2 Å². The van der Waals surface area contributed by atoms with Crippen LogP contribution < -0.4 is 5.32 Å². The third kappa shape index (κ3) is 4.97. The average molecular weight is 451 g/mol. The molecule has 5 nitrogen and oxygen atoms in total. The number of nitrogens with one attached hydrogen (secondary N) is 1. The summed E-state index contributed by atoms with van der Waals surface area (Å²) < 4.78 is 28.3. The number of nitrogens with zero attached hydrogens (tertiary/aromatic N) is 1. The Hall–Kier alpha value is -1.70. The Bertz CT molecular complexity index is 930. The predicted octanol–water partition coefficient (Wildman–Crippen LogP) is 4.16. The zero-order valence-electron chi connectivity index (χ0n) is 15.2. The van der Waals surface area contributed by atoms with Crippen molar-refractivity contribution in [1.82, 2.24) is 4.31 Å². The lowest BCUT2D eigenvalue weighted by Gasteiger charge is -2.30. The highest BCUT2D eigenvalue weighted by Crippen LogP contribution is 2.24. The highest BCUT2D eigenvalue weighted by molar-refractivity contribution is 9.10. The lowest BCUT2D eigenvalue weighted by molar-refractivity contribution is 0.101. The van der Waals surface area contributed by atoms with Crippen molar-refractivity contribution in [3.63, 3.8) is 0 Å². The molecule has 2 aromatic rings. The van der Waals surface area contributed by atoms with Gasteiger partial charge in [-0.15, -0.1) is 0 Å². The molecule has 1 aliphatic heterocycles. The van der Waals surface area contributed by atoms with Gasteiger partial charge in [-0.05, 0) is 49.1 Å². The molecule has 0 radical (unpaired) electrons. The molecule has 0 aliphatic carbocycles. The standard InChI is InChI=1S/C20H23BrN2O3S/c1-15-5-4-10-23(14-15)27(25,26)19-9-2-6-16(11-19)20(24)13-22-18-8-3-7-17(21)12-18/h2-3,6-9,11-12,15,22H,4-5,10,13-14H2,1H3. The van der Waals surface area contributed by atoms with Gasteiger partial charge >= 0.3 is 0 Å². The van der Waals surface area contributed by atoms with Gasteiger partial charge in [0.25, 0.3) is 0 Å². The minimum absolute atomic E-state index is 0.0979. The minimum atomic E-state index is -3.57. The fourth-order valence-electron chi connectivity index (χ4n) is 3.23. The van der Waals surface area contributed by atoms with E-state index in [1.54, 1.807) is 18.2 Å². The number of piperidine rings is 1. The van der Waals surface area contributed by atoms with Crippen molar-refractivity contribution in [2.45, 2.75) is 24.7 Å². The zero-order chi connectivity index (χ0) is 19.4. The molecule has 0 amide bonds. The van der Waals surface area contributed by atoms with Crippen LogP contribution in [-0.4, -0.2) is 38.1 Å². The van der Waals surface area contributed by atoms with Gasteiger partial charge in [0.2, 0.25) is 10.0 Å². The van der Waals surface area contributed by atoms with Crippen LogP contribution in [-0.2, 0) is 10.0 Å². The normalized spacial score (nSPS) is 18.2. The van der Waals surface area contributed by atoms with Gasteiger partial charge in [-0.25, -0.2) is 8.42 Å². The summed E-state index contributed by atoms with van der Waals surface area (Å²) in [6.45, 7) is 3.23. The van der Waals surface area contributed by atoms with Gasteiger partial charge in [0, 0.05) is 28.8 Å². The number of hydrogen-bond acceptors (Lipinski definition) is 4. The number of sulfonamides is 1. The van der Waals surface area contributed by atoms with E-state index in [-0.39, 0.29) is 17.2 Å². The maximum absolute atomic E-state index is 12.9. The maximum atomic E-state index is 12.9. The maximum Gasteiger partial charge on any atom is 0.243 e. The van der Waals surface area contributed by atoms with Crippen LogP contribution in [0.1, 0.15) is 30.1 Å². The van der Waals surface area contributed by atoms with E-state index in [0.29, 0.717) is 24.6 Å². The van der Waals surface area contributed by atoms with Crippen molar-refractivity contribution >= 4 is 37.4 Å². The molecule has 7 heteroatoms. The molecule has 0 aromatic heterocycles. The summed E-state index contributed by atoms with van der Waals surface area (Å²) in [6, 6.07) is 13.9. The Balaban J connectivity index is 1.73. The van der Waals surface area contributed by atoms with Gasteiger partial charge in [0.05, 0.1) is 11.4 Å². The molecule has 1 N–H and O–H groups in total. The van der Waals surface area contributed by atoms with Gasteiger partial charge in [-0.3, -0.25) is 4.79 Å². The molecule has 144 valence electrons. The summed E-state index contributed by atoms with van der Waals surface area (Å²) in [5, 5.41) is 3.07. The molecular formula is C20H23BrN2O3S. The summed E-state index contributed by atoms with van der Waals surface area (Å²) in [4.78, 5) is 12.7. The largest absolute Gasteiger partial charge is 0.378 e. The van der Waals surface area contributed by atoms with Gasteiger partial charge in [-0.1, -0.05) is 41.1 Å². The number of hydrogen-bond donors (Lipinski definition) is 1. The minimum Gasteiger partial charge on any atom is -0.378 e. The molecule has 3 rings (SSSR count). The number of rotatable bonds is 6. The van der Waals surface area contributed by atoms with Crippen molar-refractivity contribution in [1.29, 1.82) is 0 Å². The number of anilines is 1. The molecule has 1 heterocycles. The third-order valence-electron chi connectivity index (χ3n) is 4.69. The van der Waals surface area contributed by atoms with E-state index < -0.39 is 10.0 Å². The first kappa shape index (κ1) is 20.0. The molecule has 1 unspecified atom stereocenters. The van der Waals surface area contributed by atoms with Gasteiger partial charge in [0.15, 0.2) is 5.78 Å². The summed E-state index contributed by atoms with van der Waals surface area (Å²) in [5.74, 6) is 0.201. The van der Waals surface area contributed by atoms with Crippen LogP contribution in [0, 0.1) is 5.92 Å². The molecule has 2 aromatic carbocycles. The molecule has 0 bridgehead atoms. The summed E-state index contributed by atoms with van der Waals surface area (Å²) in [6.07, 6.45) is 1.92. The van der Waals surface area contributed by atoms with Crippen molar-refractivity contribution in [3.05, 3.63) is 58.6 Å². The fourth-order valence-corrected chi connectivity index (χ4v) is 5.27. The van der Waals surface area contributed by atoms with Crippen LogP contribution in [0.15, 0.2) is 57.9 Å². The van der Waals surface area contributed by atoms with Crippen LogP contribution in [0.5, 0.6) is 0 Å². The Morgan fingerprint density at radius 1 is 1.22 bits per heavy atom. The highest BCUT2D eigenvalue weighted by atomic mass is 79.9. The second kappa shape index (κ2) is 8.54. The molecule has 0 spiro atoms. The van der Waals surface area contributed by atoms with Crippen LogP contribution >= 0.6 is 15.9 Å². The van der Waals surface area contributed by atoms with E-state index in [4.69, 9.17) is 0 Å². The molecular weight excluding hydrogens is 428 g/mol. The quantitative estimate of drug-likeness (QED) is 0.670. The Labute approximate surface area is 169 Å². The Morgan fingerprint density at radius 3 is 2.74 bits per heavy atom. The van der Waals surface area contributed by atoms with E-state index in [1.165, 1.54) is 10.4 Å². The van der Waals surface area contributed by atoms with Crippen LogP contribution in [0.4, 0.5) is 5.69 Å². The Morgan fingerprint density at radius 2 is 2.00 bits per heavy atom. The van der Waals surface area contributed by atoms with Crippen LogP contribution in [0.3, 0.4) is 0 Å². The number of Topliss-reactive ketones (excluding diaryl/α,β-unsaturated/α-hetero) is 1. The molecule has 1 fully saturated rings. The topological polar surface area (TPSA) is 66.5 Å². The summed E-state index contributed by atoms with van der Waals surface area (Å²) >= 11 is 3.39. The van der Waals surface area contributed by atoms with E-state index in [9.17, 15) is 13.2 Å². The van der Waals surface area contributed by atoms with E-state index in [1.807, 2.05) is 24.3 Å². The number of ketones is 1. The molecule has 1 aliphatic rings. The number of halogens is 1.